The average molecular weight is 265 g/mol. The summed E-state index contributed by atoms with van der Waals surface area (Å²) < 4.78 is 0. The van der Waals surface area contributed by atoms with Gasteiger partial charge in [-0.2, -0.15) is 5.10 Å². The maximum absolute atomic E-state index is 12.1. The minimum Gasteiger partial charge on any atom is -0.334 e. The summed E-state index contributed by atoms with van der Waals surface area (Å²) in [6.07, 6.45) is 0.819. The maximum atomic E-state index is 12.1. The molecule has 7 nitrogen and oxygen atoms in total. The topological polar surface area (TPSA) is 77.0 Å². The first kappa shape index (κ1) is 12.6. The van der Waals surface area contributed by atoms with Gasteiger partial charge in [0.2, 0.25) is 5.91 Å². The van der Waals surface area contributed by atoms with Crippen LogP contribution in [0.2, 0.25) is 0 Å². The number of piperazine rings is 1. The van der Waals surface area contributed by atoms with Crippen LogP contribution in [-0.4, -0.2) is 72.6 Å². The van der Waals surface area contributed by atoms with E-state index in [9.17, 15) is 9.59 Å². The molecule has 0 atom stereocenters. The minimum atomic E-state index is -0.112. The summed E-state index contributed by atoms with van der Waals surface area (Å²) in [4.78, 5) is 27.4. The van der Waals surface area contributed by atoms with Crippen molar-refractivity contribution in [2.45, 2.75) is 18.9 Å². The zero-order valence-corrected chi connectivity index (χ0v) is 10.9. The largest absolute Gasteiger partial charge is 0.334 e. The Labute approximate surface area is 112 Å². The smallest absolute Gasteiger partial charge is 0.270 e. The van der Waals surface area contributed by atoms with Crippen molar-refractivity contribution in [2.75, 3.05) is 39.3 Å². The Kier molecular flexibility index (Phi) is 3.48. The molecule has 2 fully saturated rings. The van der Waals surface area contributed by atoms with Crippen molar-refractivity contribution >= 4 is 17.5 Å². The summed E-state index contributed by atoms with van der Waals surface area (Å²) in [5.74, 6) is -0.134. The molecular weight excluding hydrogens is 246 g/mol. The highest BCUT2D eigenvalue weighted by molar-refractivity contribution is 6.39. The molecular formula is C12H19N5O2. The molecule has 3 rings (SSSR count). The highest BCUT2D eigenvalue weighted by Gasteiger charge is 2.37. The Balaban J connectivity index is 1.50. The van der Waals surface area contributed by atoms with Crippen LogP contribution in [0.25, 0.3) is 0 Å². The number of carbonyl (C=O) groups is 2. The molecule has 0 aromatic heterocycles. The van der Waals surface area contributed by atoms with E-state index in [0.29, 0.717) is 24.6 Å². The molecule has 0 unspecified atom stereocenters. The number of carbonyl (C=O) groups excluding carboxylic acids is 2. The zero-order valence-electron chi connectivity index (χ0n) is 10.9. The van der Waals surface area contributed by atoms with Crippen molar-refractivity contribution in [1.29, 1.82) is 0 Å². The lowest BCUT2D eigenvalue weighted by Crippen LogP contribution is -2.64. The number of amides is 2. The van der Waals surface area contributed by atoms with Crippen LogP contribution in [0.4, 0.5) is 0 Å². The first-order valence-electron chi connectivity index (χ1n) is 6.83. The van der Waals surface area contributed by atoms with Gasteiger partial charge < -0.3 is 10.2 Å². The number of likely N-dealkylation sites (tertiary alicyclic amines) is 1. The first-order chi connectivity index (χ1) is 9.24. The van der Waals surface area contributed by atoms with E-state index in [1.54, 1.807) is 0 Å². The lowest BCUT2D eigenvalue weighted by molar-refractivity contribution is -0.131. The van der Waals surface area contributed by atoms with Crippen molar-refractivity contribution in [1.82, 2.24) is 20.5 Å². The predicted octanol–water partition coefficient (Wildman–Crippen LogP) is -1.63. The molecule has 2 saturated heterocycles. The van der Waals surface area contributed by atoms with Gasteiger partial charge in [-0.3, -0.25) is 14.5 Å². The van der Waals surface area contributed by atoms with Gasteiger partial charge in [-0.1, -0.05) is 0 Å². The van der Waals surface area contributed by atoms with Crippen LogP contribution in [0.3, 0.4) is 0 Å². The maximum Gasteiger partial charge on any atom is 0.270 e. The molecule has 0 aromatic carbocycles. The Morgan fingerprint density at radius 1 is 1.21 bits per heavy atom. The van der Waals surface area contributed by atoms with E-state index in [1.165, 1.54) is 0 Å². The van der Waals surface area contributed by atoms with Crippen LogP contribution in [-0.2, 0) is 9.59 Å². The van der Waals surface area contributed by atoms with E-state index in [2.05, 4.69) is 20.7 Å². The molecule has 2 N–H and O–H groups in total. The van der Waals surface area contributed by atoms with Crippen molar-refractivity contribution in [3.05, 3.63) is 0 Å². The Hall–Kier alpha value is -1.47. The Morgan fingerprint density at radius 2 is 1.95 bits per heavy atom. The highest BCUT2D eigenvalue weighted by atomic mass is 16.2. The molecule has 2 amide bonds. The second-order valence-corrected chi connectivity index (χ2v) is 5.24. The monoisotopic (exact) mass is 265 g/mol. The van der Waals surface area contributed by atoms with Gasteiger partial charge in [0.25, 0.3) is 5.91 Å². The molecule has 0 spiro atoms. The summed E-state index contributed by atoms with van der Waals surface area (Å²) in [7, 11) is 0. The molecule has 3 aliphatic rings. The summed E-state index contributed by atoms with van der Waals surface area (Å²) in [5, 5.41) is 7.18. The zero-order chi connectivity index (χ0) is 13.2. The average Bonchev–Trinajstić information content (AvgIpc) is 2.39. The van der Waals surface area contributed by atoms with Gasteiger partial charge in [-0.15, -0.1) is 0 Å². The van der Waals surface area contributed by atoms with Crippen molar-refractivity contribution in [3.8, 4) is 0 Å². The van der Waals surface area contributed by atoms with Crippen molar-refractivity contribution < 1.29 is 9.59 Å². The van der Waals surface area contributed by atoms with Gasteiger partial charge in [-0.05, 0) is 0 Å². The molecule has 3 heterocycles. The van der Waals surface area contributed by atoms with Crippen LogP contribution in [0, 0.1) is 0 Å². The van der Waals surface area contributed by atoms with E-state index in [-0.39, 0.29) is 11.8 Å². The molecule has 0 bridgehead atoms. The standard InChI is InChI=1S/C12H19N5O2/c18-11-2-1-10(14-15-11)12(19)17-7-9(8-17)16-5-3-13-4-6-16/h9,13H,1-8H2,(H,15,18). The summed E-state index contributed by atoms with van der Waals surface area (Å²) in [6, 6.07) is 0.491. The quantitative estimate of drug-likeness (QED) is 0.628. The lowest BCUT2D eigenvalue weighted by Gasteiger charge is -2.46. The van der Waals surface area contributed by atoms with Gasteiger partial charge in [0, 0.05) is 58.2 Å². The van der Waals surface area contributed by atoms with Gasteiger partial charge in [0.05, 0.1) is 0 Å². The number of nitrogens with one attached hydrogen (secondary N) is 2. The predicted molar refractivity (Wildman–Crippen MR) is 69.6 cm³/mol. The van der Waals surface area contributed by atoms with Gasteiger partial charge in [0.15, 0.2) is 0 Å². The molecule has 7 heteroatoms. The second-order valence-electron chi connectivity index (χ2n) is 5.24. The third kappa shape index (κ3) is 2.62. The van der Waals surface area contributed by atoms with Crippen molar-refractivity contribution in [2.24, 2.45) is 5.10 Å². The molecule has 104 valence electrons. The first-order valence-corrected chi connectivity index (χ1v) is 6.83. The number of nitrogens with zero attached hydrogens (tertiary/aromatic N) is 3. The second kappa shape index (κ2) is 5.26. The summed E-state index contributed by atoms with van der Waals surface area (Å²) in [6.45, 7) is 5.75. The molecule has 0 aromatic rings. The molecule has 0 saturated carbocycles. The SMILES string of the molecule is O=C1CCC(C(=O)N2CC(N3CCNCC3)C2)=NN1. The third-order valence-electron chi connectivity index (χ3n) is 3.97. The molecule has 19 heavy (non-hydrogen) atoms. The number of hydrogen-bond acceptors (Lipinski definition) is 5. The van der Waals surface area contributed by atoms with Gasteiger partial charge in [-0.25, -0.2) is 5.43 Å². The third-order valence-corrected chi connectivity index (χ3v) is 3.97. The Bertz CT molecular complexity index is 410. The Morgan fingerprint density at radius 3 is 2.58 bits per heavy atom. The van der Waals surface area contributed by atoms with E-state index in [0.717, 1.165) is 39.3 Å². The minimum absolute atomic E-state index is 0.0219. The molecule has 0 aliphatic carbocycles. The van der Waals surface area contributed by atoms with Crippen LogP contribution in [0.15, 0.2) is 5.10 Å². The number of rotatable bonds is 2. The van der Waals surface area contributed by atoms with Gasteiger partial charge in [0.1, 0.15) is 5.71 Å². The summed E-state index contributed by atoms with van der Waals surface area (Å²) in [5.41, 5.74) is 2.86. The van der Waals surface area contributed by atoms with Crippen LogP contribution >= 0.6 is 0 Å². The highest BCUT2D eigenvalue weighted by Crippen LogP contribution is 2.17. The number of hydrazone groups is 1. The number of hydrogen-bond donors (Lipinski definition) is 2. The van der Waals surface area contributed by atoms with Gasteiger partial charge >= 0.3 is 0 Å². The van der Waals surface area contributed by atoms with E-state index in [4.69, 9.17) is 0 Å². The fraction of sp³-hybridized carbons (Fsp3) is 0.750. The lowest BCUT2D eigenvalue weighted by atomic mass is 10.0. The van der Waals surface area contributed by atoms with Crippen LogP contribution in [0.5, 0.6) is 0 Å². The molecule has 3 aliphatic heterocycles. The fourth-order valence-corrected chi connectivity index (χ4v) is 2.71. The van der Waals surface area contributed by atoms with E-state index >= 15 is 0 Å². The van der Waals surface area contributed by atoms with Crippen molar-refractivity contribution in [3.63, 3.8) is 0 Å². The van der Waals surface area contributed by atoms with Crippen LogP contribution in [0.1, 0.15) is 12.8 Å². The van der Waals surface area contributed by atoms with E-state index < -0.39 is 0 Å². The summed E-state index contributed by atoms with van der Waals surface area (Å²) >= 11 is 0. The fourth-order valence-electron chi connectivity index (χ4n) is 2.71. The van der Waals surface area contributed by atoms with Crippen LogP contribution < -0.4 is 10.7 Å². The normalized spacial score (nSPS) is 25.6. The van der Waals surface area contributed by atoms with E-state index in [1.807, 2.05) is 4.90 Å². The molecule has 0 radical (unpaired) electrons.